The van der Waals surface area contributed by atoms with Crippen LogP contribution in [0.25, 0.3) is 5.69 Å². The average Bonchev–Trinajstić information content (AvgIpc) is 3.24. The number of hydrogen-bond acceptors (Lipinski definition) is 5. The predicted molar refractivity (Wildman–Crippen MR) is 91.1 cm³/mol. The fourth-order valence-electron chi connectivity index (χ4n) is 3.31. The summed E-state index contributed by atoms with van der Waals surface area (Å²) >= 11 is 0. The molecule has 1 heterocycles. The molecule has 0 aliphatic heterocycles. The molecule has 0 spiro atoms. The number of benzene rings is 1. The van der Waals surface area contributed by atoms with Gasteiger partial charge in [0.05, 0.1) is 22.6 Å². The first kappa shape index (κ1) is 17.6. The summed E-state index contributed by atoms with van der Waals surface area (Å²) in [5, 5.41) is 26.9. The highest BCUT2D eigenvalue weighted by Gasteiger charge is 2.38. The number of non-ortho nitro benzene ring substituents is 1. The molecular formula is C17H18N4O5. The molecule has 0 unspecified atom stereocenters. The van der Waals surface area contributed by atoms with Gasteiger partial charge in [0, 0.05) is 18.3 Å². The van der Waals surface area contributed by atoms with Crippen LogP contribution in [0.3, 0.4) is 0 Å². The smallest absolute Gasteiger partial charge is 0.305 e. The molecule has 9 heteroatoms. The number of amides is 1. The van der Waals surface area contributed by atoms with Gasteiger partial charge in [-0.2, -0.15) is 5.10 Å². The Bertz CT molecular complexity index is 837. The van der Waals surface area contributed by atoms with Crippen LogP contribution >= 0.6 is 0 Å². The summed E-state index contributed by atoms with van der Waals surface area (Å²) in [6.07, 6.45) is 4.49. The highest BCUT2D eigenvalue weighted by molar-refractivity contribution is 5.93. The Balaban J connectivity index is 1.75. The fourth-order valence-corrected chi connectivity index (χ4v) is 3.31. The summed E-state index contributed by atoms with van der Waals surface area (Å²) in [4.78, 5) is 33.8. The van der Waals surface area contributed by atoms with Gasteiger partial charge >= 0.3 is 5.97 Å². The monoisotopic (exact) mass is 358 g/mol. The zero-order valence-electron chi connectivity index (χ0n) is 13.9. The number of carbonyl (C=O) groups excluding carboxylic acids is 1. The molecule has 0 atom stereocenters. The summed E-state index contributed by atoms with van der Waals surface area (Å²) in [5.41, 5.74) is -0.00781. The molecule has 9 nitrogen and oxygen atoms in total. The van der Waals surface area contributed by atoms with Crippen molar-refractivity contribution >= 4 is 17.6 Å². The van der Waals surface area contributed by atoms with Crippen LogP contribution in [0.5, 0.6) is 0 Å². The molecule has 0 saturated heterocycles. The molecule has 26 heavy (non-hydrogen) atoms. The number of hydrogen-bond donors (Lipinski definition) is 2. The van der Waals surface area contributed by atoms with E-state index in [1.54, 1.807) is 6.20 Å². The van der Waals surface area contributed by atoms with Gasteiger partial charge in [-0.25, -0.2) is 4.68 Å². The van der Waals surface area contributed by atoms with Gasteiger partial charge in [-0.15, -0.1) is 0 Å². The summed E-state index contributed by atoms with van der Waals surface area (Å²) in [6, 6.07) is 7.32. The molecule has 0 radical (unpaired) electrons. The van der Waals surface area contributed by atoms with E-state index >= 15 is 0 Å². The van der Waals surface area contributed by atoms with Crippen molar-refractivity contribution in [2.24, 2.45) is 0 Å². The lowest BCUT2D eigenvalue weighted by molar-refractivity contribution is -0.384. The van der Waals surface area contributed by atoms with Crippen molar-refractivity contribution in [1.82, 2.24) is 15.1 Å². The van der Waals surface area contributed by atoms with Crippen LogP contribution in [0.15, 0.2) is 36.5 Å². The second-order valence-electron chi connectivity index (χ2n) is 6.43. The molecule has 1 aromatic carbocycles. The van der Waals surface area contributed by atoms with Gasteiger partial charge in [-0.05, 0) is 31.0 Å². The number of nitrogens with one attached hydrogen (secondary N) is 1. The minimum Gasteiger partial charge on any atom is -0.481 e. The van der Waals surface area contributed by atoms with E-state index in [9.17, 15) is 19.7 Å². The Morgan fingerprint density at radius 2 is 1.88 bits per heavy atom. The van der Waals surface area contributed by atoms with Crippen molar-refractivity contribution in [1.29, 1.82) is 0 Å². The van der Waals surface area contributed by atoms with Crippen LogP contribution in [0.4, 0.5) is 5.69 Å². The second-order valence-corrected chi connectivity index (χ2v) is 6.43. The van der Waals surface area contributed by atoms with Crippen LogP contribution in [0.2, 0.25) is 0 Å². The Hall–Kier alpha value is -3.23. The van der Waals surface area contributed by atoms with Crippen molar-refractivity contribution in [3.05, 3.63) is 52.3 Å². The summed E-state index contributed by atoms with van der Waals surface area (Å²) in [6.45, 7) is 0. The van der Waals surface area contributed by atoms with Crippen LogP contribution in [-0.2, 0) is 4.79 Å². The molecular weight excluding hydrogens is 340 g/mol. The molecule has 2 aromatic rings. The first-order valence-electron chi connectivity index (χ1n) is 8.23. The Kier molecular flexibility index (Phi) is 4.70. The van der Waals surface area contributed by atoms with Crippen LogP contribution < -0.4 is 5.32 Å². The van der Waals surface area contributed by atoms with Crippen molar-refractivity contribution in [2.45, 2.75) is 37.6 Å². The average molecular weight is 358 g/mol. The summed E-state index contributed by atoms with van der Waals surface area (Å²) in [5.74, 6) is -1.36. The van der Waals surface area contributed by atoms with E-state index in [0.29, 0.717) is 18.5 Å². The number of rotatable bonds is 6. The van der Waals surface area contributed by atoms with Gasteiger partial charge < -0.3 is 10.4 Å². The van der Waals surface area contributed by atoms with Gasteiger partial charge in [0.1, 0.15) is 0 Å². The summed E-state index contributed by atoms with van der Waals surface area (Å²) in [7, 11) is 0. The molecule has 0 bridgehead atoms. The van der Waals surface area contributed by atoms with Crippen molar-refractivity contribution in [3.63, 3.8) is 0 Å². The molecule has 1 fully saturated rings. The van der Waals surface area contributed by atoms with Gasteiger partial charge in [-0.1, -0.05) is 12.8 Å². The minimum absolute atomic E-state index is 0.0317. The standard InChI is InChI=1S/C17H18N4O5/c22-15(23)11-17(8-1-2-9-17)18-16(24)14-7-10-20(19-14)12-3-5-13(6-4-12)21(25)26/h3-7,10H,1-2,8-9,11H2,(H,18,24)(H,22,23). The number of aromatic nitrogens is 2. The zero-order valence-corrected chi connectivity index (χ0v) is 13.9. The lowest BCUT2D eigenvalue weighted by atomic mass is 9.93. The maximum Gasteiger partial charge on any atom is 0.305 e. The molecule has 1 aromatic heterocycles. The number of nitro groups is 1. The van der Waals surface area contributed by atoms with E-state index in [1.807, 2.05) is 0 Å². The summed E-state index contributed by atoms with van der Waals surface area (Å²) < 4.78 is 1.44. The number of carboxylic acid groups (broad SMARTS) is 1. The van der Waals surface area contributed by atoms with E-state index in [0.717, 1.165) is 12.8 Å². The molecule has 1 aliphatic rings. The van der Waals surface area contributed by atoms with Gasteiger partial charge in [0.2, 0.25) is 0 Å². The van der Waals surface area contributed by atoms with Gasteiger partial charge in [0.25, 0.3) is 11.6 Å². The van der Waals surface area contributed by atoms with E-state index in [2.05, 4.69) is 10.4 Å². The normalized spacial score (nSPS) is 15.5. The molecule has 1 saturated carbocycles. The maximum absolute atomic E-state index is 12.5. The Morgan fingerprint density at radius 1 is 1.23 bits per heavy atom. The van der Waals surface area contributed by atoms with Crippen molar-refractivity contribution < 1.29 is 19.6 Å². The minimum atomic E-state index is -0.941. The SMILES string of the molecule is O=C(O)CC1(NC(=O)c2ccn(-c3ccc([N+](=O)[O-])cc3)n2)CCCC1. The fraction of sp³-hybridized carbons (Fsp3) is 0.353. The highest BCUT2D eigenvalue weighted by atomic mass is 16.6. The first-order chi connectivity index (χ1) is 12.4. The number of nitrogens with zero attached hydrogens (tertiary/aromatic N) is 3. The highest BCUT2D eigenvalue weighted by Crippen LogP contribution is 2.33. The Morgan fingerprint density at radius 3 is 2.46 bits per heavy atom. The molecule has 2 N–H and O–H groups in total. The van der Waals surface area contributed by atoms with Crippen LogP contribution in [0.1, 0.15) is 42.6 Å². The third-order valence-corrected chi connectivity index (χ3v) is 4.58. The van der Waals surface area contributed by atoms with E-state index in [4.69, 9.17) is 5.11 Å². The van der Waals surface area contributed by atoms with E-state index in [1.165, 1.54) is 35.0 Å². The Labute approximate surface area is 148 Å². The zero-order chi connectivity index (χ0) is 18.7. The molecule has 1 amide bonds. The molecule has 1 aliphatic carbocycles. The number of aliphatic carboxylic acids is 1. The lowest BCUT2D eigenvalue weighted by Crippen LogP contribution is -2.48. The third kappa shape index (κ3) is 3.71. The predicted octanol–water partition coefficient (Wildman–Crippen LogP) is 2.30. The van der Waals surface area contributed by atoms with Gasteiger partial charge in [0.15, 0.2) is 5.69 Å². The third-order valence-electron chi connectivity index (χ3n) is 4.58. The number of nitro benzene ring substituents is 1. The number of carbonyl (C=O) groups is 2. The van der Waals surface area contributed by atoms with Crippen LogP contribution in [0, 0.1) is 10.1 Å². The lowest BCUT2D eigenvalue weighted by Gasteiger charge is -2.28. The molecule has 136 valence electrons. The maximum atomic E-state index is 12.5. The largest absolute Gasteiger partial charge is 0.481 e. The van der Waals surface area contributed by atoms with Crippen molar-refractivity contribution in [3.8, 4) is 5.69 Å². The molecule has 3 rings (SSSR count). The first-order valence-corrected chi connectivity index (χ1v) is 8.23. The van der Waals surface area contributed by atoms with Crippen molar-refractivity contribution in [2.75, 3.05) is 0 Å². The quantitative estimate of drug-likeness (QED) is 0.602. The second kappa shape index (κ2) is 6.95. The van der Waals surface area contributed by atoms with E-state index < -0.39 is 22.3 Å². The van der Waals surface area contributed by atoms with Crippen LogP contribution in [-0.4, -0.2) is 37.2 Å². The van der Waals surface area contributed by atoms with Gasteiger partial charge in [-0.3, -0.25) is 19.7 Å². The topological polar surface area (TPSA) is 127 Å². The van der Waals surface area contributed by atoms with E-state index in [-0.39, 0.29) is 17.8 Å². The number of carboxylic acids is 1.